The van der Waals surface area contributed by atoms with Crippen molar-refractivity contribution in [3.05, 3.63) is 11.4 Å². The van der Waals surface area contributed by atoms with Crippen molar-refractivity contribution >= 4 is 10.0 Å². The summed E-state index contributed by atoms with van der Waals surface area (Å²) in [5.74, 6) is 0. The summed E-state index contributed by atoms with van der Waals surface area (Å²) in [6.07, 6.45) is 0.762. The molecule has 0 aliphatic rings. The second-order valence-corrected chi connectivity index (χ2v) is 8.21. The highest BCUT2D eigenvalue weighted by atomic mass is 32.2. The van der Waals surface area contributed by atoms with Crippen LogP contribution in [0.2, 0.25) is 0 Å². The molecule has 21 heavy (non-hydrogen) atoms. The number of nitrogens with two attached hydrogens (primary N) is 1. The van der Waals surface area contributed by atoms with Gasteiger partial charge in [-0.05, 0) is 32.2 Å². The summed E-state index contributed by atoms with van der Waals surface area (Å²) in [4.78, 5) is 0.325. The third-order valence-electron chi connectivity index (χ3n) is 3.67. The number of aryl methyl sites for hydroxylation is 2. The van der Waals surface area contributed by atoms with Crippen LogP contribution in [0.1, 0.15) is 38.6 Å². The van der Waals surface area contributed by atoms with Crippen molar-refractivity contribution in [1.29, 1.82) is 0 Å². The van der Waals surface area contributed by atoms with Gasteiger partial charge in [-0.1, -0.05) is 20.8 Å². The lowest BCUT2D eigenvalue weighted by atomic mass is 9.94. The number of nitrogens with zero attached hydrogens (tertiary/aromatic N) is 3. The Hall–Kier alpha value is -0.920. The highest BCUT2D eigenvalue weighted by Crippen LogP contribution is 2.26. The molecule has 0 radical (unpaired) electrons. The van der Waals surface area contributed by atoms with Crippen LogP contribution in [0.15, 0.2) is 4.90 Å². The lowest BCUT2D eigenvalue weighted by molar-refractivity contribution is 0.266. The van der Waals surface area contributed by atoms with Gasteiger partial charge in [-0.3, -0.25) is 4.68 Å². The second-order valence-electron chi connectivity index (χ2n) is 6.33. The summed E-state index contributed by atoms with van der Waals surface area (Å²) in [6.45, 7) is 10.8. The Morgan fingerprint density at radius 1 is 1.33 bits per heavy atom. The minimum absolute atomic E-state index is 0.258. The fourth-order valence-corrected chi connectivity index (χ4v) is 4.45. The maximum atomic E-state index is 13.0. The molecule has 0 aliphatic heterocycles. The number of aromatic nitrogens is 2. The molecule has 0 aliphatic carbocycles. The van der Waals surface area contributed by atoms with Crippen molar-refractivity contribution in [1.82, 2.24) is 14.1 Å². The van der Waals surface area contributed by atoms with Gasteiger partial charge in [-0.25, -0.2) is 8.42 Å². The quantitative estimate of drug-likeness (QED) is 0.825. The first-order chi connectivity index (χ1) is 9.56. The maximum absolute atomic E-state index is 13.0. The van der Waals surface area contributed by atoms with Gasteiger partial charge in [0, 0.05) is 20.1 Å². The van der Waals surface area contributed by atoms with Gasteiger partial charge >= 0.3 is 0 Å². The van der Waals surface area contributed by atoms with Crippen molar-refractivity contribution in [3.63, 3.8) is 0 Å². The first-order valence-electron chi connectivity index (χ1n) is 7.27. The minimum Gasteiger partial charge on any atom is -0.330 e. The molecule has 1 heterocycles. The summed E-state index contributed by atoms with van der Waals surface area (Å²) in [7, 11) is -1.79. The molecule has 2 N–H and O–H groups in total. The van der Waals surface area contributed by atoms with Crippen LogP contribution in [0.3, 0.4) is 0 Å². The van der Waals surface area contributed by atoms with Crippen LogP contribution in [0.4, 0.5) is 0 Å². The molecule has 0 unspecified atom stereocenters. The van der Waals surface area contributed by atoms with Crippen LogP contribution in [0, 0.1) is 19.3 Å². The standard InChI is InChI=1S/C14H28N4O2S/c1-7-8-18(10-14(4,5)9-15)21(19,20)13-11(2)16-17(6)12(13)3/h7-10,15H2,1-6H3. The molecule has 1 aromatic heterocycles. The molecule has 1 rings (SSSR count). The van der Waals surface area contributed by atoms with Gasteiger partial charge < -0.3 is 5.73 Å². The van der Waals surface area contributed by atoms with E-state index in [9.17, 15) is 8.42 Å². The van der Waals surface area contributed by atoms with Gasteiger partial charge in [-0.15, -0.1) is 0 Å². The monoisotopic (exact) mass is 316 g/mol. The van der Waals surface area contributed by atoms with Crippen LogP contribution in [0.5, 0.6) is 0 Å². The zero-order chi connectivity index (χ0) is 16.4. The van der Waals surface area contributed by atoms with Gasteiger partial charge in [0.15, 0.2) is 0 Å². The number of sulfonamides is 1. The molecule has 0 saturated heterocycles. The van der Waals surface area contributed by atoms with Gasteiger partial charge in [0.1, 0.15) is 4.90 Å². The Kier molecular flexibility index (Phi) is 5.57. The van der Waals surface area contributed by atoms with Crippen molar-refractivity contribution < 1.29 is 8.42 Å². The highest BCUT2D eigenvalue weighted by molar-refractivity contribution is 7.89. The lowest BCUT2D eigenvalue weighted by Crippen LogP contribution is -2.42. The molecular weight excluding hydrogens is 288 g/mol. The maximum Gasteiger partial charge on any atom is 0.246 e. The topological polar surface area (TPSA) is 81.2 Å². The molecule has 1 aromatic rings. The van der Waals surface area contributed by atoms with E-state index in [4.69, 9.17) is 5.73 Å². The molecular formula is C14H28N4O2S. The van der Waals surface area contributed by atoms with E-state index < -0.39 is 10.0 Å². The molecule has 0 fully saturated rings. The molecule has 7 heteroatoms. The SMILES string of the molecule is CCCN(CC(C)(C)CN)S(=O)(=O)c1c(C)nn(C)c1C. The predicted octanol–water partition coefficient (Wildman–Crippen LogP) is 1.42. The zero-order valence-electron chi connectivity index (χ0n) is 14.0. The van der Waals surface area contributed by atoms with Crippen molar-refractivity contribution in [3.8, 4) is 0 Å². The van der Waals surface area contributed by atoms with Crippen LogP contribution < -0.4 is 5.73 Å². The zero-order valence-corrected chi connectivity index (χ0v) is 14.8. The van der Waals surface area contributed by atoms with Crippen LogP contribution in [-0.4, -0.2) is 42.1 Å². The smallest absolute Gasteiger partial charge is 0.246 e. The predicted molar refractivity (Wildman–Crippen MR) is 84.6 cm³/mol. The van der Waals surface area contributed by atoms with E-state index in [0.29, 0.717) is 35.9 Å². The molecule has 0 aromatic carbocycles. The Morgan fingerprint density at radius 3 is 2.29 bits per heavy atom. The summed E-state index contributed by atoms with van der Waals surface area (Å²) in [5.41, 5.74) is 6.71. The fourth-order valence-electron chi connectivity index (χ4n) is 2.33. The second kappa shape index (κ2) is 6.46. The number of hydrogen-bond donors (Lipinski definition) is 1. The van der Waals surface area contributed by atoms with Gasteiger partial charge in [0.05, 0.1) is 11.4 Å². The third-order valence-corrected chi connectivity index (χ3v) is 5.77. The highest BCUT2D eigenvalue weighted by Gasteiger charge is 2.33. The molecule has 6 nitrogen and oxygen atoms in total. The molecule has 122 valence electrons. The molecule has 0 spiro atoms. The Balaban J connectivity index is 3.28. The van der Waals surface area contributed by atoms with Crippen molar-refractivity contribution in [2.45, 2.75) is 45.9 Å². The Morgan fingerprint density at radius 2 is 1.90 bits per heavy atom. The van der Waals surface area contributed by atoms with E-state index in [2.05, 4.69) is 5.10 Å². The number of hydrogen-bond acceptors (Lipinski definition) is 4. The summed E-state index contributed by atoms with van der Waals surface area (Å²) in [5, 5.41) is 4.22. The first kappa shape index (κ1) is 18.1. The van der Waals surface area contributed by atoms with E-state index in [-0.39, 0.29) is 5.41 Å². The minimum atomic E-state index is -3.55. The van der Waals surface area contributed by atoms with Crippen molar-refractivity contribution in [2.75, 3.05) is 19.6 Å². The average molecular weight is 316 g/mol. The first-order valence-corrected chi connectivity index (χ1v) is 8.71. The summed E-state index contributed by atoms with van der Waals surface area (Å²) >= 11 is 0. The van der Waals surface area contributed by atoms with Gasteiger partial charge in [0.2, 0.25) is 10.0 Å². The van der Waals surface area contributed by atoms with E-state index in [1.54, 1.807) is 25.6 Å². The fraction of sp³-hybridized carbons (Fsp3) is 0.786. The Bertz CT molecular complexity index is 590. The number of rotatable bonds is 7. The summed E-state index contributed by atoms with van der Waals surface area (Å²) < 4.78 is 29.2. The van der Waals surface area contributed by atoms with Crippen LogP contribution >= 0.6 is 0 Å². The average Bonchev–Trinajstić information content (AvgIpc) is 2.63. The third kappa shape index (κ3) is 3.84. The van der Waals surface area contributed by atoms with E-state index in [0.717, 1.165) is 6.42 Å². The normalized spacial score (nSPS) is 13.1. The largest absolute Gasteiger partial charge is 0.330 e. The summed E-state index contributed by atoms with van der Waals surface area (Å²) in [6, 6.07) is 0. The van der Waals surface area contributed by atoms with E-state index in [1.807, 2.05) is 20.8 Å². The van der Waals surface area contributed by atoms with E-state index in [1.165, 1.54) is 4.31 Å². The lowest BCUT2D eigenvalue weighted by Gasteiger charge is -2.31. The molecule has 0 bridgehead atoms. The van der Waals surface area contributed by atoms with E-state index >= 15 is 0 Å². The van der Waals surface area contributed by atoms with Crippen LogP contribution in [-0.2, 0) is 17.1 Å². The van der Waals surface area contributed by atoms with Gasteiger partial charge in [-0.2, -0.15) is 9.40 Å². The molecule has 0 amide bonds. The van der Waals surface area contributed by atoms with Gasteiger partial charge in [0.25, 0.3) is 0 Å². The molecule has 0 saturated carbocycles. The Labute approximate surface area is 128 Å². The van der Waals surface area contributed by atoms with Crippen molar-refractivity contribution in [2.24, 2.45) is 18.2 Å². The van der Waals surface area contributed by atoms with Crippen LogP contribution in [0.25, 0.3) is 0 Å². The molecule has 0 atom stereocenters.